The third-order valence-electron chi connectivity index (χ3n) is 3.33. The summed E-state index contributed by atoms with van der Waals surface area (Å²) in [7, 11) is 3.29. The number of rotatable bonds is 4. The molecule has 1 aliphatic rings. The van der Waals surface area contributed by atoms with Gasteiger partial charge in [0.2, 0.25) is 0 Å². The minimum absolute atomic E-state index is 0.372. The van der Waals surface area contributed by atoms with E-state index >= 15 is 0 Å². The number of nitrogens with zero attached hydrogens (tertiary/aromatic N) is 2. The first-order valence-electron chi connectivity index (χ1n) is 6.07. The summed E-state index contributed by atoms with van der Waals surface area (Å²) >= 11 is 3.38. The number of halogens is 1. The molecular weight excluding hydrogens is 314 g/mol. The smallest absolute Gasteiger partial charge is 0.163 e. The van der Waals surface area contributed by atoms with Crippen LogP contribution in [0.2, 0.25) is 0 Å². The molecule has 1 aromatic heterocycles. The second-order valence-electron chi connectivity index (χ2n) is 4.44. The zero-order valence-corrected chi connectivity index (χ0v) is 12.7. The van der Waals surface area contributed by atoms with E-state index in [2.05, 4.69) is 25.9 Å². The Bertz CT molecular complexity index is 450. The second-order valence-corrected chi connectivity index (χ2v) is 5.23. The molecule has 6 nitrogen and oxygen atoms in total. The number of nitrogen functional groups attached to an aromatic ring is 1. The Morgan fingerprint density at radius 3 is 2.58 bits per heavy atom. The number of aromatic nitrogens is 2. The van der Waals surface area contributed by atoms with Crippen LogP contribution in [0.3, 0.4) is 0 Å². The average Bonchev–Trinajstić information content (AvgIpc) is 2.44. The fourth-order valence-corrected chi connectivity index (χ4v) is 2.46. The number of hydrogen-bond acceptors (Lipinski definition) is 6. The molecule has 0 atom stereocenters. The molecule has 106 valence electrons. The van der Waals surface area contributed by atoms with Crippen LogP contribution in [-0.4, -0.2) is 37.4 Å². The summed E-state index contributed by atoms with van der Waals surface area (Å²) < 4.78 is 16.9. The molecule has 0 aromatic carbocycles. The Morgan fingerprint density at radius 1 is 1.32 bits per heavy atom. The number of methoxy groups -OCH3 is 2. The fourth-order valence-electron chi connectivity index (χ4n) is 2.17. The number of ether oxygens (including phenoxy) is 3. The van der Waals surface area contributed by atoms with Crippen molar-refractivity contribution in [1.29, 1.82) is 0 Å². The fraction of sp³-hybridized carbons (Fsp3) is 0.667. The van der Waals surface area contributed by atoms with Gasteiger partial charge in [-0.05, 0) is 15.9 Å². The van der Waals surface area contributed by atoms with Crippen molar-refractivity contribution in [2.45, 2.75) is 25.0 Å². The maximum atomic E-state index is 5.93. The predicted octanol–water partition coefficient (Wildman–Crippen LogP) is 1.62. The molecule has 2 N–H and O–H groups in total. The quantitative estimate of drug-likeness (QED) is 0.903. The predicted molar refractivity (Wildman–Crippen MR) is 73.6 cm³/mol. The van der Waals surface area contributed by atoms with Crippen molar-refractivity contribution in [1.82, 2.24) is 9.97 Å². The molecule has 1 fully saturated rings. The molecule has 0 spiro atoms. The van der Waals surface area contributed by atoms with Crippen LogP contribution >= 0.6 is 15.9 Å². The van der Waals surface area contributed by atoms with Gasteiger partial charge in [-0.2, -0.15) is 0 Å². The summed E-state index contributed by atoms with van der Waals surface area (Å²) in [5.74, 6) is 1.01. The molecule has 1 aliphatic heterocycles. The third kappa shape index (κ3) is 2.89. The molecule has 0 unspecified atom stereocenters. The van der Waals surface area contributed by atoms with Crippen LogP contribution in [0.1, 0.15) is 24.4 Å². The van der Waals surface area contributed by atoms with Gasteiger partial charge in [0.15, 0.2) is 5.82 Å². The molecule has 2 rings (SSSR count). The van der Waals surface area contributed by atoms with Crippen molar-refractivity contribution in [3.63, 3.8) is 0 Å². The first kappa shape index (κ1) is 14.6. The van der Waals surface area contributed by atoms with Crippen molar-refractivity contribution in [3.8, 4) is 0 Å². The normalized spacial score (nSPS) is 18.5. The lowest BCUT2D eigenvalue weighted by molar-refractivity contribution is -0.100. The van der Waals surface area contributed by atoms with Gasteiger partial charge < -0.3 is 19.9 Å². The summed E-state index contributed by atoms with van der Waals surface area (Å²) in [5.41, 5.74) is 6.14. The first-order chi connectivity index (χ1) is 9.13. The minimum atomic E-state index is -0.518. The Kier molecular flexibility index (Phi) is 4.72. The third-order valence-corrected chi connectivity index (χ3v) is 4.19. The van der Waals surface area contributed by atoms with Crippen LogP contribution in [0.4, 0.5) is 5.82 Å². The second kappa shape index (κ2) is 6.13. The summed E-state index contributed by atoms with van der Waals surface area (Å²) in [5, 5.41) is 0. The highest BCUT2D eigenvalue weighted by Crippen LogP contribution is 2.35. The standard InChI is InChI=1S/C12H18BrN3O3/c1-17-7-8-9(13)10(14)16-11(15-8)12(18-2)3-5-19-6-4-12/h3-7H2,1-2H3,(H2,14,15,16). The molecule has 2 heterocycles. The molecule has 1 aromatic rings. The van der Waals surface area contributed by atoms with Crippen LogP contribution in [0.25, 0.3) is 0 Å². The maximum absolute atomic E-state index is 5.93. The zero-order chi connectivity index (χ0) is 13.9. The van der Waals surface area contributed by atoms with Crippen LogP contribution < -0.4 is 5.73 Å². The van der Waals surface area contributed by atoms with Crippen molar-refractivity contribution < 1.29 is 14.2 Å². The van der Waals surface area contributed by atoms with Gasteiger partial charge in [-0.3, -0.25) is 0 Å². The lowest BCUT2D eigenvalue weighted by Crippen LogP contribution is -2.37. The first-order valence-corrected chi connectivity index (χ1v) is 6.86. The van der Waals surface area contributed by atoms with Gasteiger partial charge in [0, 0.05) is 40.3 Å². The molecule has 0 aliphatic carbocycles. The molecule has 19 heavy (non-hydrogen) atoms. The lowest BCUT2D eigenvalue weighted by atomic mass is 9.93. The van der Waals surface area contributed by atoms with E-state index in [0.717, 1.165) is 18.5 Å². The highest BCUT2D eigenvalue weighted by atomic mass is 79.9. The monoisotopic (exact) mass is 331 g/mol. The van der Waals surface area contributed by atoms with Gasteiger partial charge in [-0.15, -0.1) is 0 Å². The molecule has 0 radical (unpaired) electrons. The van der Waals surface area contributed by atoms with Gasteiger partial charge in [0.25, 0.3) is 0 Å². The molecule has 0 saturated carbocycles. The van der Waals surface area contributed by atoms with E-state index in [1.54, 1.807) is 14.2 Å². The Labute approximate surface area is 120 Å². The van der Waals surface area contributed by atoms with Crippen molar-refractivity contribution in [3.05, 3.63) is 16.0 Å². The van der Waals surface area contributed by atoms with Gasteiger partial charge in [-0.25, -0.2) is 9.97 Å². The van der Waals surface area contributed by atoms with Crippen LogP contribution in [0.5, 0.6) is 0 Å². The molecule has 0 amide bonds. The molecule has 7 heteroatoms. The molecule has 1 saturated heterocycles. The van der Waals surface area contributed by atoms with Crippen molar-refractivity contribution in [2.24, 2.45) is 0 Å². The van der Waals surface area contributed by atoms with E-state index in [1.807, 2.05) is 0 Å². The number of anilines is 1. The molecular formula is C12H18BrN3O3. The maximum Gasteiger partial charge on any atom is 0.163 e. The van der Waals surface area contributed by atoms with Crippen molar-refractivity contribution in [2.75, 3.05) is 33.2 Å². The van der Waals surface area contributed by atoms with Crippen LogP contribution in [0, 0.1) is 0 Å². The van der Waals surface area contributed by atoms with Crippen molar-refractivity contribution >= 4 is 21.7 Å². The topological polar surface area (TPSA) is 79.5 Å². The van der Waals surface area contributed by atoms with Gasteiger partial charge in [0.05, 0.1) is 16.8 Å². The van der Waals surface area contributed by atoms with E-state index in [1.165, 1.54) is 0 Å². The van der Waals surface area contributed by atoms with E-state index in [9.17, 15) is 0 Å². The zero-order valence-electron chi connectivity index (χ0n) is 11.1. The van der Waals surface area contributed by atoms with E-state index < -0.39 is 5.60 Å². The lowest BCUT2D eigenvalue weighted by Gasteiger charge is -2.34. The summed E-state index contributed by atoms with van der Waals surface area (Å²) in [6.07, 6.45) is 1.44. The van der Waals surface area contributed by atoms with E-state index in [0.29, 0.717) is 35.9 Å². The highest BCUT2D eigenvalue weighted by molar-refractivity contribution is 9.10. The van der Waals surface area contributed by atoms with E-state index in [4.69, 9.17) is 19.9 Å². The van der Waals surface area contributed by atoms with E-state index in [-0.39, 0.29) is 0 Å². The van der Waals surface area contributed by atoms with Crippen LogP contribution in [0.15, 0.2) is 4.47 Å². The Morgan fingerprint density at radius 2 is 2.00 bits per heavy atom. The summed E-state index contributed by atoms with van der Waals surface area (Å²) in [4.78, 5) is 8.91. The van der Waals surface area contributed by atoms with Crippen LogP contribution in [-0.2, 0) is 26.4 Å². The largest absolute Gasteiger partial charge is 0.383 e. The van der Waals surface area contributed by atoms with Gasteiger partial charge >= 0.3 is 0 Å². The Hall–Kier alpha value is -0.760. The van der Waals surface area contributed by atoms with Gasteiger partial charge in [0.1, 0.15) is 11.4 Å². The number of nitrogens with two attached hydrogens (primary N) is 1. The average molecular weight is 332 g/mol. The van der Waals surface area contributed by atoms with Gasteiger partial charge in [-0.1, -0.05) is 0 Å². The number of hydrogen-bond donors (Lipinski definition) is 1. The summed E-state index contributed by atoms with van der Waals surface area (Å²) in [6.45, 7) is 1.64. The SMILES string of the molecule is COCc1nc(C2(OC)CCOCC2)nc(N)c1Br. The molecule has 0 bridgehead atoms. The highest BCUT2D eigenvalue weighted by Gasteiger charge is 2.38. The Balaban J connectivity index is 2.42. The minimum Gasteiger partial charge on any atom is -0.383 e. The summed E-state index contributed by atoms with van der Waals surface area (Å²) in [6, 6.07) is 0.